The molecule has 1 aromatic carbocycles. The lowest BCUT2D eigenvalue weighted by Crippen LogP contribution is -2.01. The van der Waals surface area contributed by atoms with E-state index in [0.717, 1.165) is 11.1 Å². The molecule has 0 aliphatic rings. The first kappa shape index (κ1) is 10.4. The molecule has 16 heavy (non-hydrogen) atoms. The van der Waals surface area contributed by atoms with Gasteiger partial charge in [-0.15, -0.1) is 0 Å². The van der Waals surface area contributed by atoms with Crippen LogP contribution in [0.4, 0.5) is 0 Å². The van der Waals surface area contributed by atoms with Gasteiger partial charge in [0, 0.05) is 17.8 Å². The minimum absolute atomic E-state index is 0.0491. The van der Waals surface area contributed by atoms with Gasteiger partial charge in [-0.3, -0.25) is 9.59 Å². The van der Waals surface area contributed by atoms with E-state index in [1.165, 1.54) is 13.0 Å². The third-order valence-electron chi connectivity index (χ3n) is 2.41. The van der Waals surface area contributed by atoms with E-state index in [0.29, 0.717) is 5.56 Å². The molecule has 0 bridgehead atoms. The first-order valence-corrected chi connectivity index (χ1v) is 4.97. The van der Waals surface area contributed by atoms with Crippen LogP contribution >= 0.6 is 0 Å². The second-order valence-corrected chi connectivity index (χ2v) is 3.58. The molecule has 0 amide bonds. The average molecular weight is 213 g/mol. The quantitative estimate of drug-likeness (QED) is 0.778. The molecular formula is C13H11NO2. The zero-order valence-corrected chi connectivity index (χ0v) is 8.86. The summed E-state index contributed by atoms with van der Waals surface area (Å²) in [4.78, 5) is 24.6. The predicted molar refractivity (Wildman–Crippen MR) is 62.5 cm³/mol. The van der Waals surface area contributed by atoms with Crippen LogP contribution in [-0.4, -0.2) is 10.8 Å². The summed E-state index contributed by atoms with van der Waals surface area (Å²) in [5.41, 5.74) is 2.47. The van der Waals surface area contributed by atoms with E-state index in [4.69, 9.17) is 0 Å². The van der Waals surface area contributed by atoms with Crippen LogP contribution in [0.15, 0.2) is 47.4 Å². The Morgan fingerprint density at radius 1 is 1.00 bits per heavy atom. The molecule has 3 nitrogen and oxygen atoms in total. The molecule has 0 saturated heterocycles. The molecule has 0 fully saturated rings. The highest BCUT2D eigenvalue weighted by Gasteiger charge is 2.00. The van der Waals surface area contributed by atoms with Crippen molar-refractivity contribution >= 4 is 5.78 Å². The van der Waals surface area contributed by atoms with Crippen molar-refractivity contribution in [2.75, 3.05) is 0 Å². The van der Waals surface area contributed by atoms with Gasteiger partial charge >= 0.3 is 0 Å². The van der Waals surface area contributed by atoms with Crippen molar-refractivity contribution in [2.24, 2.45) is 0 Å². The third-order valence-corrected chi connectivity index (χ3v) is 2.41. The van der Waals surface area contributed by atoms with Gasteiger partial charge in [-0.05, 0) is 24.1 Å². The Morgan fingerprint density at radius 3 is 2.12 bits per heavy atom. The number of benzene rings is 1. The second-order valence-electron chi connectivity index (χ2n) is 3.58. The molecule has 0 radical (unpaired) electrons. The molecule has 1 aromatic heterocycles. The highest BCUT2D eigenvalue weighted by atomic mass is 16.1. The first-order chi connectivity index (χ1) is 7.66. The van der Waals surface area contributed by atoms with Crippen LogP contribution in [-0.2, 0) is 0 Å². The van der Waals surface area contributed by atoms with Crippen LogP contribution < -0.4 is 5.56 Å². The molecule has 80 valence electrons. The van der Waals surface area contributed by atoms with Gasteiger partial charge in [-0.25, -0.2) is 0 Å². The molecule has 0 spiro atoms. The summed E-state index contributed by atoms with van der Waals surface area (Å²) in [5.74, 6) is 0.0491. The summed E-state index contributed by atoms with van der Waals surface area (Å²) in [5, 5.41) is 0. The van der Waals surface area contributed by atoms with E-state index in [2.05, 4.69) is 4.98 Å². The molecular weight excluding hydrogens is 202 g/mol. The molecule has 2 rings (SSSR count). The van der Waals surface area contributed by atoms with Crippen LogP contribution in [0.2, 0.25) is 0 Å². The fourth-order valence-corrected chi connectivity index (χ4v) is 1.49. The molecule has 0 aliphatic heterocycles. The Morgan fingerprint density at radius 2 is 1.62 bits per heavy atom. The molecule has 1 N–H and O–H groups in total. The van der Waals surface area contributed by atoms with Crippen molar-refractivity contribution in [1.29, 1.82) is 0 Å². The van der Waals surface area contributed by atoms with Gasteiger partial charge in [0.25, 0.3) is 0 Å². The van der Waals surface area contributed by atoms with E-state index < -0.39 is 0 Å². The highest BCUT2D eigenvalue weighted by molar-refractivity contribution is 5.94. The number of carbonyl (C=O) groups is 1. The van der Waals surface area contributed by atoms with Gasteiger partial charge < -0.3 is 4.98 Å². The van der Waals surface area contributed by atoms with E-state index in [9.17, 15) is 9.59 Å². The number of nitrogens with one attached hydrogen (secondary N) is 1. The maximum absolute atomic E-state index is 11.1. The minimum atomic E-state index is -0.121. The van der Waals surface area contributed by atoms with Gasteiger partial charge in [0.05, 0.1) is 0 Å². The van der Waals surface area contributed by atoms with E-state index in [1.54, 1.807) is 24.4 Å². The van der Waals surface area contributed by atoms with Crippen LogP contribution in [0.5, 0.6) is 0 Å². The van der Waals surface area contributed by atoms with Gasteiger partial charge in [0.1, 0.15) is 0 Å². The van der Waals surface area contributed by atoms with Crippen LogP contribution in [0, 0.1) is 0 Å². The van der Waals surface area contributed by atoms with Gasteiger partial charge in [0.15, 0.2) is 5.78 Å². The Bertz CT molecular complexity index is 547. The molecule has 1 heterocycles. The number of ketones is 1. The van der Waals surface area contributed by atoms with Crippen molar-refractivity contribution < 1.29 is 4.79 Å². The summed E-state index contributed by atoms with van der Waals surface area (Å²) in [6.45, 7) is 1.54. The molecule has 3 heteroatoms. The number of pyridine rings is 1. The SMILES string of the molecule is CC(=O)c1ccc(-c2ccc(=O)[nH]c2)cc1. The summed E-state index contributed by atoms with van der Waals surface area (Å²) < 4.78 is 0. The Hall–Kier alpha value is -2.16. The Kier molecular flexibility index (Phi) is 2.68. The van der Waals surface area contributed by atoms with E-state index >= 15 is 0 Å². The van der Waals surface area contributed by atoms with Crippen molar-refractivity contribution in [3.05, 3.63) is 58.5 Å². The molecule has 0 unspecified atom stereocenters. The van der Waals surface area contributed by atoms with Gasteiger partial charge in [0.2, 0.25) is 5.56 Å². The van der Waals surface area contributed by atoms with E-state index in [1.807, 2.05) is 12.1 Å². The maximum Gasteiger partial charge on any atom is 0.247 e. The number of aromatic nitrogens is 1. The summed E-state index contributed by atoms with van der Waals surface area (Å²) in [7, 11) is 0. The van der Waals surface area contributed by atoms with Crippen molar-refractivity contribution in [2.45, 2.75) is 6.92 Å². The van der Waals surface area contributed by atoms with Crippen LogP contribution in [0.25, 0.3) is 11.1 Å². The van der Waals surface area contributed by atoms with Crippen molar-refractivity contribution in [3.8, 4) is 11.1 Å². The van der Waals surface area contributed by atoms with Crippen molar-refractivity contribution in [3.63, 3.8) is 0 Å². The zero-order chi connectivity index (χ0) is 11.5. The normalized spacial score (nSPS) is 10.1. The largest absolute Gasteiger partial charge is 0.328 e. The predicted octanol–water partition coefficient (Wildman–Crippen LogP) is 2.24. The number of Topliss-reactive ketones (excluding diaryl/α,β-unsaturated/α-hetero) is 1. The number of rotatable bonds is 2. The second kappa shape index (κ2) is 4.14. The summed E-state index contributed by atoms with van der Waals surface area (Å²) >= 11 is 0. The number of hydrogen-bond acceptors (Lipinski definition) is 2. The van der Waals surface area contributed by atoms with Crippen LogP contribution in [0.1, 0.15) is 17.3 Å². The van der Waals surface area contributed by atoms with Crippen LogP contribution in [0.3, 0.4) is 0 Å². The lowest BCUT2D eigenvalue weighted by atomic mass is 10.0. The van der Waals surface area contributed by atoms with E-state index in [-0.39, 0.29) is 11.3 Å². The lowest BCUT2D eigenvalue weighted by Gasteiger charge is -2.01. The number of H-pyrrole nitrogens is 1. The van der Waals surface area contributed by atoms with Crippen molar-refractivity contribution in [1.82, 2.24) is 4.98 Å². The minimum Gasteiger partial charge on any atom is -0.328 e. The first-order valence-electron chi connectivity index (χ1n) is 4.97. The van der Waals surface area contributed by atoms with Gasteiger partial charge in [-0.1, -0.05) is 24.3 Å². The third kappa shape index (κ3) is 2.08. The average Bonchev–Trinajstić information content (AvgIpc) is 2.30. The number of carbonyl (C=O) groups excluding carboxylic acids is 1. The maximum atomic E-state index is 11.1. The standard InChI is InChI=1S/C13H11NO2/c1-9(15)10-2-4-11(5-3-10)12-6-7-13(16)14-8-12/h2-8H,1H3,(H,14,16). The Labute approximate surface area is 92.8 Å². The molecule has 2 aromatic rings. The van der Waals surface area contributed by atoms with Gasteiger partial charge in [-0.2, -0.15) is 0 Å². The Balaban J connectivity index is 2.38. The highest BCUT2D eigenvalue weighted by Crippen LogP contribution is 2.17. The fourth-order valence-electron chi connectivity index (χ4n) is 1.49. The number of hydrogen-bond donors (Lipinski definition) is 1. The topological polar surface area (TPSA) is 49.9 Å². The monoisotopic (exact) mass is 213 g/mol. The lowest BCUT2D eigenvalue weighted by molar-refractivity contribution is 0.101. The molecule has 0 atom stereocenters. The smallest absolute Gasteiger partial charge is 0.247 e. The molecule has 0 aliphatic carbocycles. The fraction of sp³-hybridized carbons (Fsp3) is 0.0769. The summed E-state index contributed by atoms with van der Waals surface area (Å²) in [6.07, 6.45) is 1.66. The molecule has 0 saturated carbocycles. The zero-order valence-electron chi connectivity index (χ0n) is 8.86. The summed E-state index contributed by atoms with van der Waals surface area (Å²) in [6, 6.07) is 10.5. The number of aromatic amines is 1.